The number of nitrogen functional groups attached to an aromatic ring is 1. The number of ether oxygens (including phenoxy) is 2. The molecular formula is C32H45N8O6PS. The highest BCUT2D eigenvalue weighted by molar-refractivity contribution is 7.82. The number of nitrogens with one attached hydrogen (secondary N) is 2. The van der Waals surface area contributed by atoms with Crippen LogP contribution in [0.1, 0.15) is 49.9 Å². The summed E-state index contributed by atoms with van der Waals surface area (Å²) in [5.41, 5.74) is 9.03. The van der Waals surface area contributed by atoms with E-state index in [1.165, 1.54) is 11.3 Å². The fraction of sp³-hybridized carbons (Fsp3) is 0.438. The van der Waals surface area contributed by atoms with Crippen molar-refractivity contribution in [2.75, 3.05) is 37.8 Å². The van der Waals surface area contributed by atoms with E-state index in [9.17, 15) is 9.00 Å². The number of para-hydroxylation sites is 1. The Morgan fingerprint density at radius 2 is 1.81 bits per heavy atom. The van der Waals surface area contributed by atoms with Gasteiger partial charge in [0.05, 0.1) is 19.0 Å². The Hall–Kier alpha value is -3.72. The second-order valence-corrected chi connectivity index (χ2v) is 14.2. The molecule has 0 spiro atoms. The van der Waals surface area contributed by atoms with Gasteiger partial charge in [-0.15, -0.1) is 4.83 Å². The Kier molecular flexibility index (Phi) is 12.8. The van der Waals surface area contributed by atoms with Gasteiger partial charge in [-0.2, -0.15) is 9.97 Å². The van der Waals surface area contributed by atoms with Crippen LogP contribution >= 0.6 is 8.53 Å². The molecule has 0 aliphatic rings. The first-order valence-corrected chi connectivity index (χ1v) is 18.0. The fourth-order valence-electron chi connectivity index (χ4n) is 4.91. The van der Waals surface area contributed by atoms with Gasteiger partial charge in [-0.3, -0.25) is 9.80 Å². The van der Waals surface area contributed by atoms with Gasteiger partial charge in [-0.25, -0.2) is 14.3 Å². The normalized spacial score (nSPS) is 14.3. The standard InChI is InChI=1S/C32H45N8O6PS/c1-21-13-12-14-22(2)26(21)19-44-30(41)32(4,5)37-47(46-24-15-10-9-11-16-24)45-18-25(43-7)17-23(3)40-20-34-27-28(39(6)38-48(8)42)35-31(33)36-29(27)40/h9-16,20,23,25,37-38H,17-19H2,1-8H3,(H2,33,35,36). The zero-order valence-corrected chi connectivity index (χ0v) is 30.3. The molecule has 4 unspecified atom stereocenters. The molecule has 4 rings (SSSR count). The van der Waals surface area contributed by atoms with Gasteiger partial charge in [0.15, 0.2) is 17.0 Å². The number of rotatable bonds is 17. The maximum absolute atomic E-state index is 13.3. The molecular weight excluding hydrogens is 655 g/mol. The van der Waals surface area contributed by atoms with Crippen LogP contribution in [0.3, 0.4) is 0 Å². The zero-order chi connectivity index (χ0) is 35.0. The van der Waals surface area contributed by atoms with E-state index in [1.807, 2.05) is 73.9 Å². The minimum atomic E-state index is -1.82. The highest BCUT2D eigenvalue weighted by Crippen LogP contribution is 2.39. The molecule has 2 heterocycles. The molecule has 48 heavy (non-hydrogen) atoms. The van der Waals surface area contributed by atoms with Gasteiger partial charge >= 0.3 is 14.5 Å². The van der Waals surface area contributed by atoms with Crippen molar-refractivity contribution in [1.82, 2.24) is 29.4 Å². The monoisotopic (exact) mass is 700 g/mol. The lowest BCUT2D eigenvalue weighted by molar-refractivity contribution is -0.151. The lowest BCUT2D eigenvalue weighted by Crippen LogP contribution is -2.46. The summed E-state index contributed by atoms with van der Waals surface area (Å²) in [6, 6.07) is 15.1. The first-order valence-electron chi connectivity index (χ1n) is 15.3. The Morgan fingerprint density at radius 3 is 2.46 bits per heavy atom. The predicted octanol–water partition coefficient (Wildman–Crippen LogP) is 4.66. The van der Waals surface area contributed by atoms with Crippen molar-refractivity contribution in [1.29, 1.82) is 0 Å². The van der Waals surface area contributed by atoms with Crippen LogP contribution in [-0.2, 0) is 36.4 Å². The molecule has 260 valence electrons. The number of carbonyl (C=O) groups excluding carboxylic acids is 1. The van der Waals surface area contributed by atoms with Gasteiger partial charge in [0.25, 0.3) is 0 Å². The fourth-order valence-corrected chi connectivity index (χ4v) is 6.71. The molecule has 0 saturated carbocycles. The van der Waals surface area contributed by atoms with Crippen LogP contribution in [-0.4, -0.2) is 68.4 Å². The number of hydrazine groups is 1. The highest BCUT2D eigenvalue weighted by Gasteiger charge is 2.35. The first-order chi connectivity index (χ1) is 22.8. The second kappa shape index (κ2) is 16.6. The molecule has 0 fully saturated rings. The van der Waals surface area contributed by atoms with Gasteiger partial charge in [-0.05, 0) is 69.9 Å². The van der Waals surface area contributed by atoms with Crippen LogP contribution in [0, 0.1) is 13.8 Å². The van der Waals surface area contributed by atoms with Crippen molar-refractivity contribution >= 4 is 48.4 Å². The number of fused-ring (bicyclic) bond motifs is 1. The van der Waals surface area contributed by atoms with Crippen LogP contribution in [0.4, 0.5) is 11.8 Å². The van der Waals surface area contributed by atoms with E-state index in [0.29, 0.717) is 29.2 Å². The Balaban J connectivity index is 1.46. The molecule has 14 nitrogen and oxygen atoms in total. The number of aromatic nitrogens is 4. The maximum atomic E-state index is 13.3. The topological polar surface area (TPSA) is 168 Å². The van der Waals surface area contributed by atoms with Crippen LogP contribution in [0.5, 0.6) is 5.75 Å². The average Bonchev–Trinajstić information content (AvgIpc) is 3.46. The highest BCUT2D eigenvalue weighted by atomic mass is 32.2. The third-order valence-electron chi connectivity index (χ3n) is 7.60. The minimum Gasteiger partial charge on any atom is -0.459 e. The summed E-state index contributed by atoms with van der Waals surface area (Å²) >= 11 is 0. The molecule has 4 aromatic rings. The summed E-state index contributed by atoms with van der Waals surface area (Å²) in [7, 11) is 0.144. The lowest BCUT2D eigenvalue weighted by Gasteiger charge is -2.30. The van der Waals surface area contributed by atoms with Crippen molar-refractivity contribution in [2.24, 2.45) is 0 Å². The summed E-state index contributed by atoms with van der Waals surface area (Å²) in [6.45, 7) is 9.79. The van der Waals surface area contributed by atoms with Crippen LogP contribution in [0.25, 0.3) is 11.2 Å². The van der Waals surface area contributed by atoms with E-state index in [2.05, 4.69) is 24.9 Å². The number of hydrogen-bond acceptors (Lipinski definition) is 12. The van der Waals surface area contributed by atoms with E-state index in [1.54, 1.807) is 34.3 Å². The molecule has 0 amide bonds. The molecule has 4 N–H and O–H groups in total. The van der Waals surface area contributed by atoms with Crippen molar-refractivity contribution < 1.29 is 27.5 Å². The van der Waals surface area contributed by atoms with Gasteiger partial charge in [-0.1, -0.05) is 36.4 Å². The largest absolute Gasteiger partial charge is 0.459 e. The summed E-state index contributed by atoms with van der Waals surface area (Å²) in [4.78, 5) is 29.3. The number of anilines is 2. The number of imidazole rings is 1. The minimum absolute atomic E-state index is 0.0542. The van der Waals surface area contributed by atoms with Gasteiger partial charge in [0, 0.05) is 26.5 Å². The van der Waals surface area contributed by atoms with E-state index in [-0.39, 0.29) is 31.3 Å². The number of methoxy groups -OCH3 is 1. The molecule has 0 bridgehead atoms. The number of benzene rings is 2. The smallest absolute Gasteiger partial charge is 0.326 e. The molecule has 2 aromatic heterocycles. The van der Waals surface area contributed by atoms with E-state index >= 15 is 0 Å². The summed E-state index contributed by atoms with van der Waals surface area (Å²) in [5, 5.41) is 4.75. The van der Waals surface area contributed by atoms with E-state index in [4.69, 9.17) is 24.3 Å². The number of nitrogens with two attached hydrogens (primary N) is 1. The van der Waals surface area contributed by atoms with Crippen molar-refractivity contribution in [3.8, 4) is 5.75 Å². The first kappa shape index (κ1) is 37.1. The molecule has 0 aliphatic carbocycles. The Morgan fingerprint density at radius 1 is 1.12 bits per heavy atom. The van der Waals surface area contributed by atoms with Crippen molar-refractivity contribution in [3.05, 3.63) is 71.5 Å². The molecule has 4 atom stereocenters. The second-order valence-electron chi connectivity index (χ2n) is 11.9. The molecule has 0 aliphatic heterocycles. The molecule has 0 radical (unpaired) electrons. The summed E-state index contributed by atoms with van der Waals surface area (Å²) < 4.78 is 37.7. The van der Waals surface area contributed by atoms with Crippen LogP contribution < -0.4 is 25.2 Å². The number of esters is 1. The molecule has 2 aromatic carbocycles. The van der Waals surface area contributed by atoms with E-state index < -0.39 is 31.0 Å². The Bertz CT molecular complexity index is 1690. The average molecular weight is 701 g/mol. The SMILES string of the molecule is COC(COP(NC(C)(C)C(=O)OCc1c(C)cccc1C)Oc1ccccc1)CC(C)n1cnc2c(N(C)NS(C)=O)nc(N)nc21. The zero-order valence-electron chi connectivity index (χ0n) is 28.6. The van der Waals surface area contributed by atoms with Crippen LogP contribution in [0.15, 0.2) is 54.9 Å². The summed E-state index contributed by atoms with van der Waals surface area (Å²) in [6.07, 6.45) is 3.33. The maximum Gasteiger partial charge on any atom is 0.326 e. The quantitative estimate of drug-likeness (QED) is 0.0793. The van der Waals surface area contributed by atoms with Crippen molar-refractivity contribution in [2.45, 2.75) is 65.3 Å². The molecule has 16 heteroatoms. The predicted molar refractivity (Wildman–Crippen MR) is 188 cm³/mol. The summed E-state index contributed by atoms with van der Waals surface area (Å²) in [5.74, 6) is 0.602. The van der Waals surface area contributed by atoms with Gasteiger partial charge in [0.2, 0.25) is 5.95 Å². The van der Waals surface area contributed by atoms with Crippen molar-refractivity contribution in [3.63, 3.8) is 0 Å². The Labute approximate surface area is 285 Å². The number of aryl methyl sites for hydroxylation is 2. The van der Waals surface area contributed by atoms with Crippen LogP contribution in [0.2, 0.25) is 0 Å². The number of carbonyl (C=O) groups is 1. The lowest BCUT2D eigenvalue weighted by atomic mass is 10.0. The number of nitrogens with zero attached hydrogens (tertiary/aromatic N) is 5. The third kappa shape index (κ3) is 9.68. The number of hydrogen-bond donors (Lipinski definition) is 3. The van der Waals surface area contributed by atoms with Gasteiger partial charge in [0.1, 0.15) is 28.9 Å². The van der Waals surface area contributed by atoms with Gasteiger partial charge < -0.3 is 28.8 Å². The molecule has 0 saturated heterocycles. The van der Waals surface area contributed by atoms with E-state index in [0.717, 1.165) is 16.7 Å². The third-order valence-corrected chi connectivity index (χ3v) is 9.63.